The number of esters is 1. The second-order valence-corrected chi connectivity index (χ2v) is 6.09. The first-order valence-electron chi connectivity index (χ1n) is 8.04. The van der Waals surface area contributed by atoms with E-state index in [0.29, 0.717) is 38.2 Å². The average molecular weight is 370 g/mol. The number of nitrogens with one attached hydrogen (secondary N) is 1. The number of rotatable bonds is 6. The minimum atomic E-state index is -0.574. The average Bonchev–Trinajstić information content (AvgIpc) is 2.60. The van der Waals surface area contributed by atoms with Crippen molar-refractivity contribution in [2.24, 2.45) is 5.92 Å². The van der Waals surface area contributed by atoms with E-state index in [1.54, 1.807) is 17.9 Å². The van der Waals surface area contributed by atoms with E-state index in [1.807, 2.05) is 0 Å². The van der Waals surface area contributed by atoms with Crippen molar-refractivity contribution in [2.45, 2.75) is 19.8 Å². The summed E-state index contributed by atoms with van der Waals surface area (Å²) in [7, 11) is 0. The van der Waals surface area contributed by atoms with E-state index in [4.69, 9.17) is 16.3 Å². The Morgan fingerprint density at radius 2 is 2.08 bits per heavy atom. The lowest BCUT2D eigenvalue weighted by molar-refractivity contribution is -0.384. The van der Waals surface area contributed by atoms with E-state index in [1.165, 1.54) is 12.1 Å². The van der Waals surface area contributed by atoms with Crippen LogP contribution in [0.1, 0.15) is 19.8 Å². The molecule has 0 saturated carbocycles. The van der Waals surface area contributed by atoms with Gasteiger partial charge in [-0.3, -0.25) is 19.7 Å². The van der Waals surface area contributed by atoms with Crippen LogP contribution in [0.25, 0.3) is 0 Å². The third kappa shape index (κ3) is 5.06. The van der Waals surface area contributed by atoms with Gasteiger partial charge in [0.15, 0.2) is 0 Å². The van der Waals surface area contributed by atoms with Gasteiger partial charge in [0.1, 0.15) is 5.02 Å². The van der Waals surface area contributed by atoms with E-state index in [-0.39, 0.29) is 35.0 Å². The fourth-order valence-corrected chi connectivity index (χ4v) is 2.86. The Balaban J connectivity index is 1.84. The van der Waals surface area contributed by atoms with Crippen LogP contribution in [0.4, 0.5) is 11.4 Å². The van der Waals surface area contributed by atoms with Gasteiger partial charge < -0.3 is 15.0 Å². The van der Waals surface area contributed by atoms with E-state index < -0.39 is 4.92 Å². The number of hydrogen-bond acceptors (Lipinski definition) is 6. The van der Waals surface area contributed by atoms with E-state index in [9.17, 15) is 19.7 Å². The number of hydrogen-bond donors (Lipinski definition) is 1. The Morgan fingerprint density at radius 1 is 1.40 bits per heavy atom. The van der Waals surface area contributed by atoms with E-state index in [0.717, 1.165) is 0 Å². The normalized spacial score (nSPS) is 14.9. The Kier molecular flexibility index (Phi) is 6.58. The van der Waals surface area contributed by atoms with Gasteiger partial charge in [0.2, 0.25) is 5.91 Å². The summed E-state index contributed by atoms with van der Waals surface area (Å²) in [6.07, 6.45) is 1.16. The van der Waals surface area contributed by atoms with Crippen molar-refractivity contribution >= 4 is 34.9 Å². The van der Waals surface area contributed by atoms with Crippen LogP contribution in [0.3, 0.4) is 0 Å². The molecule has 1 aromatic carbocycles. The number of amides is 1. The summed E-state index contributed by atoms with van der Waals surface area (Å²) in [5, 5.41) is 13.8. The number of likely N-dealkylation sites (tertiary alicyclic amines) is 1. The van der Waals surface area contributed by atoms with Gasteiger partial charge in [0.05, 0.1) is 24.0 Å². The zero-order chi connectivity index (χ0) is 18.4. The number of benzene rings is 1. The molecule has 1 aliphatic heterocycles. The third-order valence-electron chi connectivity index (χ3n) is 4.05. The first-order chi connectivity index (χ1) is 11.9. The number of carbonyl (C=O) groups is 2. The fourth-order valence-electron chi connectivity index (χ4n) is 2.68. The molecule has 0 bridgehead atoms. The molecule has 1 amide bonds. The highest BCUT2D eigenvalue weighted by atomic mass is 35.5. The van der Waals surface area contributed by atoms with Crippen molar-refractivity contribution in [3.05, 3.63) is 33.3 Å². The van der Waals surface area contributed by atoms with Gasteiger partial charge in [-0.25, -0.2) is 0 Å². The molecule has 2 rings (SSSR count). The lowest BCUT2D eigenvalue weighted by atomic mass is 9.97. The highest BCUT2D eigenvalue weighted by Crippen LogP contribution is 2.27. The van der Waals surface area contributed by atoms with Crippen LogP contribution in [-0.4, -0.2) is 47.9 Å². The summed E-state index contributed by atoms with van der Waals surface area (Å²) in [5.74, 6) is -0.489. The second kappa shape index (κ2) is 8.66. The second-order valence-electron chi connectivity index (χ2n) is 5.68. The topological polar surface area (TPSA) is 102 Å². The van der Waals surface area contributed by atoms with Gasteiger partial charge in [-0.15, -0.1) is 0 Å². The predicted molar refractivity (Wildman–Crippen MR) is 92.5 cm³/mol. The lowest BCUT2D eigenvalue weighted by Crippen LogP contribution is -2.43. The maximum atomic E-state index is 12.2. The molecular weight excluding hydrogens is 350 g/mol. The van der Waals surface area contributed by atoms with Gasteiger partial charge in [0.25, 0.3) is 5.69 Å². The molecule has 1 fully saturated rings. The highest BCUT2D eigenvalue weighted by molar-refractivity contribution is 6.32. The molecule has 0 aliphatic carbocycles. The predicted octanol–water partition coefficient (Wildman–Crippen LogP) is 2.46. The zero-order valence-corrected chi connectivity index (χ0v) is 14.6. The highest BCUT2D eigenvalue weighted by Gasteiger charge is 2.28. The molecular formula is C16H20ClN3O5. The molecule has 9 heteroatoms. The molecule has 0 radical (unpaired) electrons. The van der Waals surface area contributed by atoms with Gasteiger partial charge >= 0.3 is 5.97 Å². The number of nitro benzene ring substituents is 1. The molecule has 8 nitrogen and oxygen atoms in total. The number of anilines is 1. The van der Waals surface area contributed by atoms with Crippen molar-refractivity contribution < 1.29 is 19.2 Å². The fraction of sp³-hybridized carbons (Fsp3) is 0.500. The molecule has 1 aromatic rings. The van der Waals surface area contributed by atoms with Crippen molar-refractivity contribution in [3.63, 3.8) is 0 Å². The summed E-state index contributed by atoms with van der Waals surface area (Å²) in [6, 6.07) is 4.29. The molecule has 0 unspecified atom stereocenters. The van der Waals surface area contributed by atoms with Crippen molar-refractivity contribution in [1.82, 2.24) is 4.90 Å². The minimum Gasteiger partial charge on any atom is -0.466 e. The van der Waals surface area contributed by atoms with E-state index in [2.05, 4.69) is 5.32 Å². The van der Waals surface area contributed by atoms with Gasteiger partial charge in [-0.2, -0.15) is 0 Å². The van der Waals surface area contributed by atoms with Crippen molar-refractivity contribution in [3.8, 4) is 0 Å². The Hall–Kier alpha value is -2.35. The Bertz CT molecular complexity index is 659. The van der Waals surface area contributed by atoms with Crippen LogP contribution in [0.15, 0.2) is 18.2 Å². The first kappa shape index (κ1) is 19.0. The molecule has 1 aliphatic rings. The number of carbonyl (C=O) groups excluding carboxylic acids is 2. The SMILES string of the molecule is CCOC(=O)C1CCN(C(=O)CNc2ccc(Cl)c([N+](=O)[O-])c2)CC1. The monoisotopic (exact) mass is 369 g/mol. The summed E-state index contributed by atoms with van der Waals surface area (Å²) in [5.41, 5.74) is 0.236. The van der Waals surface area contributed by atoms with Gasteiger partial charge in [0, 0.05) is 24.8 Å². The van der Waals surface area contributed by atoms with Crippen molar-refractivity contribution in [2.75, 3.05) is 31.6 Å². The third-order valence-corrected chi connectivity index (χ3v) is 4.37. The molecule has 0 spiro atoms. The molecule has 1 saturated heterocycles. The Labute approximate surface area is 150 Å². The quantitative estimate of drug-likeness (QED) is 0.469. The van der Waals surface area contributed by atoms with Crippen LogP contribution < -0.4 is 5.32 Å². The standard InChI is InChI=1S/C16H20ClN3O5/c1-2-25-16(22)11-5-7-19(8-6-11)15(21)10-18-12-3-4-13(17)14(9-12)20(23)24/h3-4,9,11,18H,2,5-8,10H2,1H3. The summed E-state index contributed by atoms with van der Waals surface area (Å²) >= 11 is 5.75. The van der Waals surface area contributed by atoms with Crippen LogP contribution >= 0.6 is 11.6 Å². The maximum absolute atomic E-state index is 12.2. The molecule has 25 heavy (non-hydrogen) atoms. The van der Waals surface area contributed by atoms with Crippen molar-refractivity contribution in [1.29, 1.82) is 0 Å². The van der Waals surface area contributed by atoms with Gasteiger partial charge in [-0.05, 0) is 31.9 Å². The lowest BCUT2D eigenvalue weighted by Gasteiger charge is -2.31. The molecule has 1 N–H and O–H groups in total. The van der Waals surface area contributed by atoms with Gasteiger partial charge in [-0.1, -0.05) is 11.6 Å². The summed E-state index contributed by atoms with van der Waals surface area (Å²) < 4.78 is 5.00. The number of nitrogens with zero attached hydrogens (tertiary/aromatic N) is 2. The number of ether oxygens (including phenoxy) is 1. The largest absolute Gasteiger partial charge is 0.466 e. The minimum absolute atomic E-state index is 0.0167. The maximum Gasteiger partial charge on any atom is 0.309 e. The number of piperidine rings is 1. The molecule has 0 aromatic heterocycles. The number of nitro groups is 1. The zero-order valence-electron chi connectivity index (χ0n) is 13.9. The smallest absolute Gasteiger partial charge is 0.309 e. The molecule has 136 valence electrons. The van der Waals surface area contributed by atoms with Crippen LogP contribution in [0.2, 0.25) is 5.02 Å². The Morgan fingerprint density at radius 3 is 2.68 bits per heavy atom. The summed E-state index contributed by atoms with van der Waals surface area (Å²) in [4.78, 5) is 35.9. The molecule has 1 heterocycles. The first-order valence-corrected chi connectivity index (χ1v) is 8.42. The van der Waals surface area contributed by atoms with Crippen LogP contribution in [-0.2, 0) is 14.3 Å². The summed E-state index contributed by atoms with van der Waals surface area (Å²) in [6.45, 7) is 3.12. The van der Waals surface area contributed by atoms with Crippen LogP contribution in [0, 0.1) is 16.0 Å². The number of halogens is 1. The molecule has 0 atom stereocenters. The van der Waals surface area contributed by atoms with E-state index >= 15 is 0 Å². The van der Waals surface area contributed by atoms with Crippen LogP contribution in [0.5, 0.6) is 0 Å².